The molecule has 4 nitrogen and oxygen atoms in total. The van der Waals surface area contributed by atoms with Gasteiger partial charge in [0, 0.05) is 6.04 Å². The zero-order valence-electron chi connectivity index (χ0n) is 9.76. The summed E-state index contributed by atoms with van der Waals surface area (Å²) < 4.78 is 10.7. The summed E-state index contributed by atoms with van der Waals surface area (Å²) >= 11 is 0. The van der Waals surface area contributed by atoms with E-state index in [2.05, 4.69) is 12.1 Å². The molecule has 0 aliphatic rings. The Morgan fingerprint density at radius 1 is 1.41 bits per heavy atom. The summed E-state index contributed by atoms with van der Waals surface area (Å²) in [4.78, 5) is 0. The van der Waals surface area contributed by atoms with E-state index in [-0.39, 0.29) is 18.4 Å². The minimum absolute atomic E-state index is 0. The van der Waals surface area contributed by atoms with Gasteiger partial charge in [0.05, 0.1) is 5.39 Å². The van der Waals surface area contributed by atoms with Crippen LogP contribution < -0.4 is 10.5 Å². The normalized spacial score (nSPS) is 12.1. The van der Waals surface area contributed by atoms with Gasteiger partial charge in [0.25, 0.3) is 5.88 Å². The van der Waals surface area contributed by atoms with E-state index >= 15 is 0 Å². The summed E-state index contributed by atoms with van der Waals surface area (Å²) in [6.07, 6.45) is 2.01. The summed E-state index contributed by atoms with van der Waals surface area (Å²) in [6.45, 7) is 2.58. The Balaban J connectivity index is 0.00000144. The predicted octanol–water partition coefficient (Wildman–Crippen LogP) is 2.76. The molecule has 2 aromatic rings. The fourth-order valence-corrected chi connectivity index (χ4v) is 1.61. The Hall–Kier alpha value is -1.26. The maximum absolute atomic E-state index is 5.86. The second-order valence-electron chi connectivity index (χ2n) is 3.84. The number of fused-ring (bicyclic) bond motifs is 1. The lowest BCUT2D eigenvalue weighted by Crippen LogP contribution is -2.27. The van der Waals surface area contributed by atoms with Gasteiger partial charge in [-0.05, 0) is 23.7 Å². The molecule has 0 fully saturated rings. The number of aromatic nitrogens is 1. The van der Waals surface area contributed by atoms with Crippen molar-refractivity contribution in [2.75, 3.05) is 6.61 Å². The van der Waals surface area contributed by atoms with E-state index < -0.39 is 0 Å². The average Bonchev–Trinajstić information content (AvgIpc) is 2.70. The number of hydrogen-bond donors (Lipinski definition) is 1. The minimum atomic E-state index is 0. The third kappa shape index (κ3) is 3.35. The third-order valence-corrected chi connectivity index (χ3v) is 2.44. The molecule has 2 N–H and O–H groups in total. The number of ether oxygens (including phenoxy) is 1. The largest absolute Gasteiger partial charge is 0.473 e. The molecule has 17 heavy (non-hydrogen) atoms. The van der Waals surface area contributed by atoms with E-state index in [0.717, 1.165) is 23.8 Å². The van der Waals surface area contributed by atoms with Gasteiger partial charge >= 0.3 is 0 Å². The van der Waals surface area contributed by atoms with Crippen LogP contribution in [0.2, 0.25) is 0 Å². The molecular formula is C12H17ClN2O2. The number of nitrogens with zero attached hydrogens (tertiary/aromatic N) is 1. The second kappa shape index (κ2) is 6.47. The zero-order chi connectivity index (χ0) is 11.4. The maximum Gasteiger partial charge on any atom is 0.262 e. The number of benzene rings is 1. The summed E-state index contributed by atoms with van der Waals surface area (Å²) in [5.74, 6) is 0.530. The van der Waals surface area contributed by atoms with Crippen LogP contribution in [0.4, 0.5) is 0 Å². The summed E-state index contributed by atoms with van der Waals surface area (Å²) in [6, 6.07) is 7.67. The zero-order valence-corrected chi connectivity index (χ0v) is 10.6. The summed E-state index contributed by atoms with van der Waals surface area (Å²) in [5, 5.41) is 4.77. The van der Waals surface area contributed by atoms with Crippen molar-refractivity contribution >= 4 is 23.4 Å². The molecule has 0 saturated carbocycles. The van der Waals surface area contributed by atoms with E-state index in [9.17, 15) is 0 Å². The van der Waals surface area contributed by atoms with Crippen molar-refractivity contribution in [3.8, 4) is 5.88 Å². The van der Waals surface area contributed by atoms with Crippen LogP contribution in [0.1, 0.15) is 19.8 Å². The van der Waals surface area contributed by atoms with Crippen LogP contribution in [0.3, 0.4) is 0 Å². The average molecular weight is 257 g/mol. The van der Waals surface area contributed by atoms with Gasteiger partial charge in [-0.2, -0.15) is 0 Å². The first-order valence-corrected chi connectivity index (χ1v) is 5.54. The van der Waals surface area contributed by atoms with Crippen molar-refractivity contribution in [2.24, 2.45) is 5.73 Å². The molecule has 0 radical (unpaired) electrons. The molecule has 2 rings (SSSR count). The van der Waals surface area contributed by atoms with Gasteiger partial charge < -0.3 is 15.0 Å². The predicted molar refractivity (Wildman–Crippen MR) is 69.6 cm³/mol. The van der Waals surface area contributed by atoms with Crippen molar-refractivity contribution in [3.05, 3.63) is 24.3 Å². The van der Waals surface area contributed by atoms with Crippen LogP contribution >= 0.6 is 12.4 Å². The molecule has 1 aromatic carbocycles. The van der Waals surface area contributed by atoms with E-state index in [4.69, 9.17) is 15.0 Å². The molecular weight excluding hydrogens is 240 g/mol. The van der Waals surface area contributed by atoms with Gasteiger partial charge in [0.2, 0.25) is 0 Å². The van der Waals surface area contributed by atoms with Crippen LogP contribution in [-0.2, 0) is 0 Å². The Morgan fingerprint density at radius 2 is 2.18 bits per heavy atom. The van der Waals surface area contributed by atoms with Gasteiger partial charge in [-0.1, -0.05) is 25.5 Å². The Kier molecular flexibility index (Phi) is 5.25. The van der Waals surface area contributed by atoms with Gasteiger partial charge in [-0.15, -0.1) is 12.4 Å². The number of hydrogen-bond acceptors (Lipinski definition) is 4. The maximum atomic E-state index is 5.86. The van der Waals surface area contributed by atoms with Gasteiger partial charge in [-0.25, -0.2) is 0 Å². The van der Waals surface area contributed by atoms with E-state index in [1.165, 1.54) is 0 Å². The fraction of sp³-hybridized carbons (Fsp3) is 0.417. The topological polar surface area (TPSA) is 61.3 Å². The highest BCUT2D eigenvalue weighted by molar-refractivity contribution is 5.85. The van der Waals surface area contributed by atoms with Gasteiger partial charge in [0.15, 0.2) is 5.58 Å². The Bertz CT molecular complexity index is 458. The van der Waals surface area contributed by atoms with Crippen LogP contribution in [0, 0.1) is 0 Å². The second-order valence-corrected chi connectivity index (χ2v) is 3.84. The smallest absolute Gasteiger partial charge is 0.262 e. The lowest BCUT2D eigenvalue weighted by Gasteiger charge is -2.09. The summed E-state index contributed by atoms with van der Waals surface area (Å²) in [7, 11) is 0. The quantitative estimate of drug-likeness (QED) is 0.894. The molecule has 0 aliphatic heterocycles. The molecule has 0 spiro atoms. The first-order chi connectivity index (χ1) is 7.81. The SMILES string of the molecule is CCCC(N)COc1noc2ccccc12.Cl. The fourth-order valence-electron chi connectivity index (χ4n) is 1.61. The molecule has 1 unspecified atom stereocenters. The molecule has 1 aromatic heterocycles. The number of para-hydroxylation sites is 1. The molecule has 0 bridgehead atoms. The Morgan fingerprint density at radius 3 is 2.94 bits per heavy atom. The molecule has 1 heterocycles. The highest BCUT2D eigenvalue weighted by Crippen LogP contribution is 2.24. The highest BCUT2D eigenvalue weighted by Gasteiger charge is 2.09. The third-order valence-electron chi connectivity index (χ3n) is 2.44. The molecule has 94 valence electrons. The number of halogens is 1. The number of nitrogens with two attached hydrogens (primary N) is 1. The first kappa shape index (κ1) is 13.8. The lowest BCUT2D eigenvalue weighted by atomic mass is 10.2. The van der Waals surface area contributed by atoms with Crippen LogP contribution in [-0.4, -0.2) is 17.8 Å². The van der Waals surface area contributed by atoms with Gasteiger partial charge in [-0.3, -0.25) is 0 Å². The van der Waals surface area contributed by atoms with E-state index in [1.54, 1.807) is 0 Å². The van der Waals surface area contributed by atoms with Crippen molar-refractivity contribution in [1.29, 1.82) is 0 Å². The van der Waals surface area contributed by atoms with Crippen molar-refractivity contribution < 1.29 is 9.26 Å². The number of rotatable bonds is 5. The van der Waals surface area contributed by atoms with Crippen LogP contribution in [0.25, 0.3) is 11.0 Å². The van der Waals surface area contributed by atoms with Gasteiger partial charge in [0.1, 0.15) is 6.61 Å². The summed E-state index contributed by atoms with van der Waals surface area (Å²) in [5.41, 5.74) is 6.60. The van der Waals surface area contributed by atoms with Crippen molar-refractivity contribution in [1.82, 2.24) is 5.16 Å². The Labute approximate surface area is 107 Å². The molecule has 5 heteroatoms. The van der Waals surface area contributed by atoms with Crippen molar-refractivity contribution in [3.63, 3.8) is 0 Å². The van der Waals surface area contributed by atoms with Crippen molar-refractivity contribution in [2.45, 2.75) is 25.8 Å². The highest BCUT2D eigenvalue weighted by atomic mass is 35.5. The lowest BCUT2D eigenvalue weighted by molar-refractivity contribution is 0.257. The molecule has 0 amide bonds. The minimum Gasteiger partial charge on any atom is -0.473 e. The monoisotopic (exact) mass is 256 g/mol. The van der Waals surface area contributed by atoms with E-state index in [1.807, 2.05) is 24.3 Å². The standard InChI is InChI=1S/C12H16N2O2.ClH/c1-2-5-9(13)8-15-12-10-6-3-4-7-11(10)16-14-12;/h3-4,6-7,9H,2,5,8,13H2,1H3;1H. The van der Waals surface area contributed by atoms with E-state index in [0.29, 0.717) is 12.5 Å². The molecule has 0 saturated heterocycles. The molecule has 1 atom stereocenters. The van der Waals surface area contributed by atoms with Crippen LogP contribution in [0.5, 0.6) is 5.88 Å². The van der Waals surface area contributed by atoms with Crippen LogP contribution in [0.15, 0.2) is 28.8 Å². The first-order valence-electron chi connectivity index (χ1n) is 5.54. The molecule has 0 aliphatic carbocycles.